The molecule has 1 aromatic carbocycles. The molecule has 3 rings (SSSR count). The minimum absolute atomic E-state index is 0.0142. The van der Waals surface area contributed by atoms with Crippen LogP contribution in [0, 0.1) is 5.41 Å². The van der Waals surface area contributed by atoms with Crippen LogP contribution in [-0.2, 0) is 17.0 Å². The van der Waals surface area contributed by atoms with Crippen LogP contribution in [0.25, 0.3) is 0 Å². The predicted octanol–water partition coefficient (Wildman–Crippen LogP) is 3.35. The van der Waals surface area contributed by atoms with Crippen molar-refractivity contribution in [3.63, 3.8) is 0 Å². The van der Waals surface area contributed by atoms with Gasteiger partial charge in [0.15, 0.2) is 0 Å². The molecule has 1 unspecified atom stereocenters. The first-order valence-electron chi connectivity index (χ1n) is 7.18. The van der Waals surface area contributed by atoms with Crippen LogP contribution in [0.2, 0.25) is 0 Å². The number of alkyl halides is 3. The Morgan fingerprint density at radius 1 is 1.19 bits per heavy atom. The highest BCUT2D eigenvalue weighted by molar-refractivity contribution is 7.85. The van der Waals surface area contributed by atoms with Crippen LogP contribution in [0.4, 0.5) is 13.2 Å². The van der Waals surface area contributed by atoms with Gasteiger partial charge in [-0.05, 0) is 49.3 Å². The van der Waals surface area contributed by atoms with Crippen molar-refractivity contribution in [1.82, 2.24) is 5.32 Å². The van der Waals surface area contributed by atoms with Gasteiger partial charge in [0, 0.05) is 23.2 Å². The van der Waals surface area contributed by atoms with Crippen LogP contribution < -0.4 is 5.32 Å². The minimum atomic E-state index is -4.38. The van der Waals surface area contributed by atoms with Gasteiger partial charge in [-0.2, -0.15) is 13.2 Å². The summed E-state index contributed by atoms with van der Waals surface area (Å²) in [6.07, 6.45) is -0.658. The molecule has 0 amide bonds. The van der Waals surface area contributed by atoms with Crippen LogP contribution >= 0.6 is 0 Å². The molecule has 2 nitrogen and oxygen atoms in total. The molecule has 1 aliphatic carbocycles. The molecule has 1 saturated heterocycles. The highest BCUT2D eigenvalue weighted by Gasteiger charge is 2.41. The molecule has 1 heterocycles. The molecule has 0 bridgehead atoms. The van der Waals surface area contributed by atoms with E-state index in [1.807, 2.05) is 0 Å². The smallest absolute Gasteiger partial charge is 0.316 e. The Labute approximate surface area is 124 Å². The van der Waals surface area contributed by atoms with Gasteiger partial charge in [-0.25, -0.2) is 0 Å². The average Bonchev–Trinajstić information content (AvgIpc) is 2.44. The first-order valence-corrected chi connectivity index (χ1v) is 8.40. The van der Waals surface area contributed by atoms with Gasteiger partial charge < -0.3 is 5.32 Å². The first-order chi connectivity index (χ1) is 9.90. The van der Waals surface area contributed by atoms with Crippen LogP contribution in [0.15, 0.2) is 29.2 Å². The summed E-state index contributed by atoms with van der Waals surface area (Å²) in [6, 6.07) is 4.94. The van der Waals surface area contributed by atoms with Gasteiger partial charge in [0.05, 0.1) is 16.4 Å². The quantitative estimate of drug-likeness (QED) is 0.906. The topological polar surface area (TPSA) is 29.1 Å². The maximum absolute atomic E-state index is 12.7. The third-order valence-corrected chi connectivity index (χ3v) is 6.49. The maximum Gasteiger partial charge on any atom is 0.416 e. The van der Waals surface area contributed by atoms with E-state index in [1.165, 1.54) is 6.07 Å². The first kappa shape index (κ1) is 15.0. The van der Waals surface area contributed by atoms with Crippen LogP contribution in [0.1, 0.15) is 31.2 Å². The van der Waals surface area contributed by atoms with E-state index in [-0.39, 0.29) is 5.25 Å². The van der Waals surface area contributed by atoms with E-state index in [0.29, 0.717) is 10.3 Å². The Bertz CT molecular complexity index is 544. The molecule has 1 N–H and O–H groups in total. The lowest BCUT2D eigenvalue weighted by Gasteiger charge is -2.47. The van der Waals surface area contributed by atoms with E-state index < -0.39 is 22.5 Å². The predicted molar refractivity (Wildman–Crippen MR) is 75.4 cm³/mol. The highest BCUT2D eigenvalue weighted by Crippen LogP contribution is 2.41. The molecule has 1 atom stereocenters. The van der Waals surface area contributed by atoms with Crippen LogP contribution in [0.5, 0.6) is 0 Å². The van der Waals surface area contributed by atoms with Gasteiger partial charge in [0.1, 0.15) is 0 Å². The van der Waals surface area contributed by atoms with E-state index in [1.54, 1.807) is 6.07 Å². The molecule has 1 spiro atoms. The van der Waals surface area contributed by atoms with Crippen LogP contribution in [-0.4, -0.2) is 22.5 Å². The monoisotopic (exact) mass is 317 g/mol. The summed E-state index contributed by atoms with van der Waals surface area (Å²) in [5, 5.41) is 3.26. The molecule has 21 heavy (non-hydrogen) atoms. The summed E-state index contributed by atoms with van der Waals surface area (Å²) in [5.41, 5.74) is -0.349. The van der Waals surface area contributed by atoms with Crippen LogP contribution in [0.3, 0.4) is 0 Å². The largest absolute Gasteiger partial charge is 0.416 e. The lowest BCUT2D eigenvalue weighted by Crippen LogP contribution is -2.55. The molecule has 1 aliphatic heterocycles. The summed E-state index contributed by atoms with van der Waals surface area (Å²) >= 11 is 0. The maximum atomic E-state index is 12.7. The van der Waals surface area contributed by atoms with Crippen molar-refractivity contribution in [2.75, 3.05) is 13.1 Å². The molecular formula is C15H18F3NOS. The number of rotatable bonds is 2. The van der Waals surface area contributed by atoms with Crippen molar-refractivity contribution in [3.8, 4) is 0 Å². The Balaban J connectivity index is 1.71. The number of hydrogen-bond acceptors (Lipinski definition) is 2. The molecule has 1 saturated carbocycles. The van der Waals surface area contributed by atoms with E-state index >= 15 is 0 Å². The summed E-state index contributed by atoms with van der Waals surface area (Å²) in [6.45, 7) is 2.05. The Kier molecular flexibility index (Phi) is 3.86. The van der Waals surface area contributed by atoms with Gasteiger partial charge in [0.2, 0.25) is 0 Å². The average molecular weight is 317 g/mol. The second kappa shape index (κ2) is 5.39. The number of nitrogens with one attached hydrogen (secondary N) is 1. The normalized spacial score (nSPS) is 23.8. The second-order valence-electron chi connectivity index (χ2n) is 6.13. The molecule has 0 radical (unpaired) electrons. The van der Waals surface area contributed by atoms with E-state index in [0.717, 1.165) is 50.9 Å². The zero-order chi connectivity index (χ0) is 15.1. The Morgan fingerprint density at radius 3 is 2.38 bits per heavy atom. The summed E-state index contributed by atoms with van der Waals surface area (Å²) in [4.78, 5) is 0.303. The molecule has 6 heteroatoms. The molecule has 1 aromatic rings. The molecule has 2 aliphatic rings. The van der Waals surface area contributed by atoms with Crippen molar-refractivity contribution < 1.29 is 17.4 Å². The Hall–Kier alpha value is -0.880. The number of halogens is 3. The van der Waals surface area contributed by atoms with Gasteiger partial charge >= 0.3 is 6.18 Å². The van der Waals surface area contributed by atoms with Crippen molar-refractivity contribution in [1.29, 1.82) is 0 Å². The SMILES string of the molecule is O=S(c1cccc(C(F)(F)F)c1)C1CCC2(CC1)CNC2. The summed E-state index contributed by atoms with van der Waals surface area (Å²) in [5.74, 6) is 0. The fourth-order valence-electron chi connectivity index (χ4n) is 3.24. The standard InChI is InChI=1S/C15H18F3NOS/c16-15(17,18)11-2-1-3-13(8-11)21(20)12-4-6-14(7-5-12)9-19-10-14/h1-3,8,12,19H,4-7,9-10H2. The van der Waals surface area contributed by atoms with Gasteiger partial charge in [-0.3, -0.25) is 4.21 Å². The Morgan fingerprint density at radius 2 is 1.86 bits per heavy atom. The summed E-state index contributed by atoms with van der Waals surface area (Å²) in [7, 11) is -1.35. The fourth-order valence-corrected chi connectivity index (χ4v) is 4.74. The van der Waals surface area contributed by atoms with Crippen molar-refractivity contribution in [2.24, 2.45) is 5.41 Å². The highest BCUT2D eigenvalue weighted by atomic mass is 32.2. The zero-order valence-electron chi connectivity index (χ0n) is 11.6. The third-order valence-electron chi connectivity index (χ3n) is 4.69. The van der Waals surface area contributed by atoms with Gasteiger partial charge in [-0.15, -0.1) is 0 Å². The van der Waals surface area contributed by atoms with Crippen molar-refractivity contribution in [3.05, 3.63) is 29.8 Å². The van der Waals surface area contributed by atoms with Crippen molar-refractivity contribution in [2.45, 2.75) is 42.0 Å². The molecular weight excluding hydrogens is 299 g/mol. The number of hydrogen-bond donors (Lipinski definition) is 1. The van der Waals surface area contributed by atoms with Gasteiger partial charge in [0.25, 0.3) is 0 Å². The van der Waals surface area contributed by atoms with E-state index in [9.17, 15) is 17.4 Å². The molecule has 0 aromatic heterocycles. The van der Waals surface area contributed by atoms with Gasteiger partial charge in [-0.1, -0.05) is 6.07 Å². The third kappa shape index (κ3) is 3.01. The van der Waals surface area contributed by atoms with E-state index in [2.05, 4.69) is 5.32 Å². The summed E-state index contributed by atoms with van der Waals surface area (Å²) < 4.78 is 50.7. The minimum Gasteiger partial charge on any atom is -0.316 e. The molecule has 116 valence electrons. The lowest BCUT2D eigenvalue weighted by molar-refractivity contribution is -0.137. The van der Waals surface area contributed by atoms with Crippen molar-refractivity contribution >= 4 is 10.8 Å². The fraction of sp³-hybridized carbons (Fsp3) is 0.600. The molecule has 2 fully saturated rings. The van der Waals surface area contributed by atoms with E-state index in [4.69, 9.17) is 0 Å². The zero-order valence-corrected chi connectivity index (χ0v) is 12.4. The lowest BCUT2D eigenvalue weighted by atomic mass is 9.70. The second-order valence-corrected chi connectivity index (χ2v) is 7.86. The number of benzene rings is 1.